The second-order valence-electron chi connectivity index (χ2n) is 7.74. The number of hydrogen-bond acceptors (Lipinski definition) is 6. The van der Waals surface area contributed by atoms with Crippen LogP contribution in [-0.2, 0) is 9.59 Å². The summed E-state index contributed by atoms with van der Waals surface area (Å²) in [5, 5.41) is 11.3. The zero-order valence-corrected chi connectivity index (χ0v) is 19.3. The Bertz CT molecular complexity index is 1330. The van der Waals surface area contributed by atoms with Crippen molar-refractivity contribution in [2.45, 2.75) is 26.8 Å². The summed E-state index contributed by atoms with van der Waals surface area (Å²) in [6, 6.07) is 8.94. The van der Waals surface area contributed by atoms with Crippen LogP contribution < -0.4 is 14.4 Å². The lowest BCUT2D eigenvalue weighted by Crippen LogP contribution is -2.30. The number of carbonyl (C=O) groups excluding carboxylic acids is 2. The first kappa shape index (κ1) is 24.0. The number of anilines is 1. The fraction of sp³-hybridized carbons (Fsp3) is 0.231. The van der Waals surface area contributed by atoms with Gasteiger partial charge in [0.25, 0.3) is 11.7 Å². The Hall–Kier alpha value is -4.14. The molecule has 2 heterocycles. The molecule has 35 heavy (non-hydrogen) atoms. The molecule has 1 fully saturated rings. The van der Waals surface area contributed by atoms with Gasteiger partial charge in [-0.05, 0) is 57.2 Å². The standard InChI is InChI=1S/C26H23F2NO6/c1-4-33-16-8-9-17(21(13-16)34-5-2)24(30)22-23(20-11-6-14(3)35-20)29(26(32)25(22)31)19-12-15(27)7-10-18(19)28/h6-13,23,30H,4-5H2,1-3H3/b24-22-. The smallest absolute Gasteiger partial charge is 0.300 e. The Balaban J connectivity index is 1.95. The Labute approximate surface area is 200 Å². The molecule has 182 valence electrons. The molecule has 1 aliphatic rings. The lowest BCUT2D eigenvalue weighted by Gasteiger charge is -2.24. The molecule has 1 saturated heterocycles. The summed E-state index contributed by atoms with van der Waals surface area (Å²) < 4.78 is 45.5. The minimum atomic E-state index is -1.35. The number of ether oxygens (including phenoxy) is 2. The van der Waals surface area contributed by atoms with Gasteiger partial charge in [0, 0.05) is 12.1 Å². The SMILES string of the molecule is CCOc1ccc(/C(O)=C2/C(=O)C(=O)N(c3cc(F)ccc3F)C2c2ccc(C)o2)c(OCC)c1. The highest BCUT2D eigenvalue weighted by Crippen LogP contribution is 2.44. The lowest BCUT2D eigenvalue weighted by atomic mass is 9.98. The number of aliphatic hydroxyl groups excluding tert-OH is 1. The van der Waals surface area contributed by atoms with Crippen molar-refractivity contribution in [1.29, 1.82) is 0 Å². The summed E-state index contributed by atoms with van der Waals surface area (Å²) in [4.78, 5) is 27.1. The van der Waals surface area contributed by atoms with Crippen LogP contribution in [0.3, 0.4) is 0 Å². The molecule has 1 atom stereocenters. The summed E-state index contributed by atoms with van der Waals surface area (Å²) in [6.07, 6.45) is 0. The molecule has 1 aliphatic heterocycles. The van der Waals surface area contributed by atoms with E-state index < -0.39 is 40.8 Å². The van der Waals surface area contributed by atoms with Gasteiger partial charge in [0.05, 0.1) is 30.0 Å². The minimum absolute atomic E-state index is 0.0933. The van der Waals surface area contributed by atoms with Crippen LogP contribution in [0.4, 0.5) is 14.5 Å². The van der Waals surface area contributed by atoms with Crippen molar-refractivity contribution in [3.63, 3.8) is 0 Å². The number of hydrogen-bond donors (Lipinski definition) is 1. The average molecular weight is 483 g/mol. The van der Waals surface area contributed by atoms with Crippen molar-refractivity contribution in [2.75, 3.05) is 18.1 Å². The lowest BCUT2D eigenvalue weighted by molar-refractivity contribution is -0.132. The molecule has 2 aromatic carbocycles. The molecule has 1 unspecified atom stereocenters. The summed E-state index contributed by atoms with van der Waals surface area (Å²) in [6.45, 7) is 5.86. The Morgan fingerprint density at radius 3 is 2.43 bits per heavy atom. The van der Waals surface area contributed by atoms with E-state index in [2.05, 4.69) is 0 Å². The van der Waals surface area contributed by atoms with E-state index >= 15 is 0 Å². The Kier molecular flexibility index (Phi) is 6.59. The number of benzene rings is 2. The maximum atomic E-state index is 14.7. The van der Waals surface area contributed by atoms with Crippen LogP contribution in [0.2, 0.25) is 0 Å². The Morgan fingerprint density at radius 2 is 1.77 bits per heavy atom. The zero-order chi connectivity index (χ0) is 25.3. The van der Waals surface area contributed by atoms with Crippen LogP contribution in [0.1, 0.15) is 37.0 Å². The molecule has 3 aromatic rings. The highest BCUT2D eigenvalue weighted by atomic mass is 19.1. The van der Waals surface area contributed by atoms with Crippen LogP contribution in [0.15, 0.2) is 58.5 Å². The van der Waals surface area contributed by atoms with E-state index in [1.807, 2.05) is 6.92 Å². The number of aliphatic hydroxyl groups is 1. The van der Waals surface area contributed by atoms with Crippen molar-refractivity contribution in [3.8, 4) is 11.5 Å². The summed E-state index contributed by atoms with van der Waals surface area (Å²) in [5.41, 5.74) is -0.679. The van der Waals surface area contributed by atoms with Gasteiger partial charge in [0.2, 0.25) is 0 Å². The highest BCUT2D eigenvalue weighted by molar-refractivity contribution is 6.51. The number of Topliss-reactive ketones (excluding diaryl/α,β-unsaturated/α-hetero) is 1. The van der Waals surface area contributed by atoms with Gasteiger partial charge in [-0.15, -0.1) is 0 Å². The predicted molar refractivity (Wildman–Crippen MR) is 123 cm³/mol. The van der Waals surface area contributed by atoms with Gasteiger partial charge < -0.3 is 19.0 Å². The number of carbonyl (C=O) groups is 2. The molecular formula is C26H23F2NO6. The van der Waals surface area contributed by atoms with Crippen molar-refractivity contribution in [3.05, 3.63) is 82.8 Å². The van der Waals surface area contributed by atoms with E-state index in [-0.39, 0.29) is 29.3 Å². The normalized spacial score (nSPS) is 17.2. The molecule has 1 amide bonds. The highest BCUT2D eigenvalue weighted by Gasteiger charge is 2.49. The number of furan rings is 1. The van der Waals surface area contributed by atoms with E-state index in [4.69, 9.17) is 13.9 Å². The van der Waals surface area contributed by atoms with Crippen LogP contribution >= 0.6 is 0 Å². The molecule has 0 bridgehead atoms. The first-order valence-electron chi connectivity index (χ1n) is 11.0. The molecule has 9 heteroatoms. The summed E-state index contributed by atoms with van der Waals surface area (Å²) in [5.74, 6) is -3.24. The summed E-state index contributed by atoms with van der Waals surface area (Å²) in [7, 11) is 0. The van der Waals surface area contributed by atoms with Gasteiger partial charge in [0.1, 0.15) is 46.5 Å². The number of aryl methyl sites for hydroxylation is 1. The Morgan fingerprint density at radius 1 is 1.03 bits per heavy atom. The van der Waals surface area contributed by atoms with Crippen LogP contribution in [0, 0.1) is 18.6 Å². The third-order valence-corrected chi connectivity index (χ3v) is 5.46. The molecule has 1 aromatic heterocycles. The fourth-order valence-corrected chi connectivity index (χ4v) is 4.00. The second kappa shape index (κ2) is 9.61. The second-order valence-corrected chi connectivity index (χ2v) is 7.74. The molecule has 0 aliphatic carbocycles. The van der Waals surface area contributed by atoms with Gasteiger partial charge in [0.15, 0.2) is 0 Å². The van der Waals surface area contributed by atoms with E-state index in [1.54, 1.807) is 32.0 Å². The van der Waals surface area contributed by atoms with E-state index in [0.717, 1.165) is 23.1 Å². The largest absolute Gasteiger partial charge is 0.507 e. The van der Waals surface area contributed by atoms with Gasteiger partial charge in [-0.1, -0.05) is 0 Å². The van der Waals surface area contributed by atoms with Crippen LogP contribution in [0.5, 0.6) is 11.5 Å². The molecule has 4 rings (SSSR count). The number of ketones is 1. The maximum absolute atomic E-state index is 14.7. The first-order valence-corrected chi connectivity index (χ1v) is 11.0. The third-order valence-electron chi connectivity index (χ3n) is 5.46. The average Bonchev–Trinajstić information content (AvgIpc) is 3.36. The topological polar surface area (TPSA) is 89.2 Å². The van der Waals surface area contributed by atoms with Gasteiger partial charge in [-0.3, -0.25) is 14.5 Å². The first-order chi connectivity index (χ1) is 16.8. The molecule has 7 nitrogen and oxygen atoms in total. The molecule has 1 N–H and O–H groups in total. The number of amides is 1. The van der Waals surface area contributed by atoms with Gasteiger partial charge in [-0.25, -0.2) is 8.78 Å². The number of halogens is 2. The monoisotopic (exact) mass is 483 g/mol. The minimum Gasteiger partial charge on any atom is -0.507 e. The van der Waals surface area contributed by atoms with E-state index in [0.29, 0.717) is 18.1 Å². The maximum Gasteiger partial charge on any atom is 0.300 e. The summed E-state index contributed by atoms with van der Waals surface area (Å²) >= 11 is 0. The fourth-order valence-electron chi connectivity index (χ4n) is 4.00. The quantitative estimate of drug-likeness (QED) is 0.279. The predicted octanol–water partition coefficient (Wildman–Crippen LogP) is 5.29. The van der Waals surface area contributed by atoms with Crippen molar-refractivity contribution in [2.24, 2.45) is 0 Å². The van der Waals surface area contributed by atoms with E-state index in [1.165, 1.54) is 12.1 Å². The van der Waals surface area contributed by atoms with Gasteiger partial charge in [-0.2, -0.15) is 0 Å². The van der Waals surface area contributed by atoms with Crippen LogP contribution in [0.25, 0.3) is 5.76 Å². The number of nitrogens with zero attached hydrogens (tertiary/aromatic N) is 1. The molecular weight excluding hydrogens is 460 g/mol. The third kappa shape index (κ3) is 4.37. The molecule has 0 saturated carbocycles. The van der Waals surface area contributed by atoms with E-state index in [9.17, 15) is 23.5 Å². The van der Waals surface area contributed by atoms with Crippen molar-refractivity contribution < 1.29 is 37.4 Å². The van der Waals surface area contributed by atoms with Crippen LogP contribution in [-0.4, -0.2) is 30.0 Å². The van der Waals surface area contributed by atoms with Gasteiger partial charge >= 0.3 is 0 Å². The molecule has 0 radical (unpaired) electrons. The van der Waals surface area contributed by atoms with Crippen molar-refractivity contribution >= 4 is 23.1 Å². The van der Waals surface area contributed by atoms with Crippen molar-refractivity contribution in [1.82, 2.24) is 0 Å². The molecule has 0 spiro atoms. The zero-order valence-electron chi connectivity index (χ0n) is 19.3. The number of rotatable bonds is 7.